The van der Waals surface area contributed by atoms with Gasteiger partial charge < -0.3 is 19.9 Å². The van der Waals surface area contributed by atoms with Gasteiger partial charge in [-0.15, -0.1) is 0 Å². The molecule has 1 fully saturated rings. The number of methoxy groups -OCH3 is 1. The molecule has 2 aliphatic rings. The minimum absolute atomic E-state index is 0.00351. The summed E-state index contributed by atoms with van der Waals surface area (Å²) in [7, 11) is 1.33. The predicted octanol–water partition coefficient (Wildman–Crippen LogP) is 5.17. The van der Waals surface area contributed by atoms with Crippen LogP contribution in [0.1, 0.15) is 53.6 Å². The molecule has 1 N–H and O–H groups in total. The number of amides is 2. The SMILES string of the molecule is COC(=O)c1ccc2c(c1)NC(=O)C2C(=Nc1ccc(N(CCN2CCCCC2)C(C)=O)cc1)c1ccccc1. The van der Waals surface area contributed by atoms with Gasteiger partial charge in [0.05, 0.1) is 24.1 Å². The molecule has 3 aromatic rings. The van der Waals surface area contributed by atoms with E-state index in [0.29, 0.717) is 29.2 Å². The lowest BCUT2D eigenvalue weighted by molar-refractivity contribution is -0.117. The Kier molecular flexibility index (Phi) is 8.36. The van der Waals surface area contributed by atoms with Crippen molar-refractivity contribution in [2.75, 3.05) is 43.5 Å². The number of rotatable bonds is 8. The van der Waals surface area contributed by atoms with Crippen LogP contribution >= 0.6 is 0 Å². The maximum Gasteiger partial charge on any atom is 0.337 e. The van der Waals surface area contributed by atoms with Gasteiger partial charge in [-0.2, -0.15) is 0 Å². The third-order valence-electron chi connectivity index (χ3n) is 7.53. The summed E-state index contributed by atoms with van der Waals surface area (Å²) >= 11 is 0. The Morgan fingerprint density at radius 3 is 2.38 bits per heavy atom. The molecule has 206 valence electrons. The number of ether oxygens (including phenoxy) is 1. The van der Waals surface area contributed by atoms with Crippen molar-refractivity contribution in [1.82, 2.24) is 4.90 Å². The average molecular weight is 539 g/mol. The van der Waals surface area contributed by atoms with Crippen LogP contribution in [0.3, 0.4) is 0 Å². The highest BCUT2D eigenvalue weighted by Crippen LogP contribution is 2.37. The van der Waals surface area contributed by atoms with Gasteiger partial charge in [0, 0.05) is 31.4 Å². The van der Waals surface area contributed by atoms with Gasteiger partial charge in [0.25, 0.3) is 0 Å². The zero-order chi connectivity index (χ0) is 28.1. The molecule has 0 bridgehead atoms. The summed E-state index contributed by atoms with van der Waals surface area (Å²) in [6.45, 7) is 5.26. The first-order valence-corrected chi connectivity index (χ1v) is 13.7. The average Bonchev–Trinajstić information content (AvgIpc) is 3.31. The molecule has 0 aliphatic carbocycles. The van der Waals surface area contributed by atoms with Crippen LogP contribution in [0.4, 0.5) is 17.1 Å². The Bertz CT molecular complexity index is 1410. The zero-order valence-electron chi connectivity index (χ0n) is 22.9. The molecular formula is C32H34N4O4. The number of nitrogens with one attached hydrogen (secondary N) is 1. The van der Waals surface area contributed by atoms with Gasteiger partial charge in [0.1, 0.15) is 5.92 Å². The number of hydrogen-bond acceptors (Lipinski definition) is 6. The molecule has 0 aromatic heterocycles. The second-order valence-electron chi connectivity index (χ2n) is 10.2. The standard InChI is InChI=1S/C32H34N4O4/c1-22(37)36(20-19-35-17-7-4-8-18-35)26-14-12-25(13-15-26)33-30(23-9-5-3-6-10-23)29-27-16-11-24(32(39)40-2)21-28(27)34-31(29)38/h3,5-6,9-16,21,29H,4,7-8,17-20H2,1-2H3,(H,34,38). The number of hydrogen-bond donors (Lipinski definition) is 1. The number of anilines is 2. The molecule has 2 aliphatic heterocycles. The Morgan fingerprint density at radius 1 is 0.975 bits per heavy atom. The molecule has 8 nitrogen and oxygen atoms in total. The second kappa shape index (κ2) is 12.3. The van der Waals surface area contributed by atoms with E-state index in [-0.39, 0.29) is 11.8 Å². The fraction of sp³-hybridized carbons (Fsp3) is 0.312. The van der Waals surface area contributed by atoms with Crippen LogP contribution in [-0.4, -0.2) is 61.7 Å². The Hall–Kier alpha value is -4.30. The summed E-state index contributed by atoms with van der Waals surface area (Å²) in [6, 6.07) is 22.2. The maximum absolute atomic E-state index is 13.3. The van der Waals surface area contributed by atoms with Gasteiger partial charge >= 0.3 is 5.97 Å². The molecule has 0 saturated carbocycles. The summed E-state index contributed by atoms with van der Waals surface area (Å²) in [6.07, 6.45) is 3.71. The monoisotopic (exact) mass is 538 g/mol. The number of benzene rings is 3. The molecule has 5 rings (SSSR count). The molecule has 40 heavy (non-hydrogen) atoms. The number of esters is 1. The van der Waals surface area contributed by atoms with Crippen LogP contribution < -0.4 is 10.2 Å². The number of aliphatic imine (C=N–C) groups is 1. The molecule has 1 atom stereocenters. The molecule has 2 heterocycles. The molecule has 1 unspecified atom stereocenters. The minimum Gasteiger partial charge on any atom is -0.465 e. The summed E-state index contributed by atoms with van der Waals surface area (Å²) in [5.74, 6) is -1.32. The normalized spacial score (nSPS) is 17.2. The van der Waals surface area contributed by atoms with Crippen LogP contribution in [0.15, 0.2) is 77.8 Å². The predicted molar refractivity (Wildman–Crippen MR) is 157 cm³/mol. The molecule has 8 heteroatoms. The van der Waals surface area contributed by atoms with E-state index in [0.717, 1.165) is 36.4 Å². The topological polar surface area (TPSA) is 91.3 Å². The lowest BCUT2D eigenvalue weighted by Crippen LogP contribution is -2.39. The van der Waals surface area contributed by atoms with Crippen molar-refractivity contribution in [1.29, 1.82) is 0 Å². The van der Waals surface area contributed by atoms with Crippen LogP contribution in [0.25, 0.3) is 0 Å². The van der Waals surface area contributed by atoms with Crippen LogP contribution in [0, 0.1) is 0 Å². The quantitative estimate of drug-likeness (QED) is 0.316. The van der Waals surface area contributed by atoms with Gasteiger partial charge in [0.2, 0.25) is 11.8 Å². The maximum atomic E-state index is 13.3. The van der Waals surface area contributed by atoms with Crippen LogP contribution in [0.2, 0.25) is 0 Å². The first-order chi connectivity index (χ1) is 19.4. The molecule has 2 amide bonds. The van der Waals surface area contributed by atoms with E-state index in [1.54, 1.807) is 30.0 Å². The van der Waals surface area contributed by atoms with Crippen LogP contribution in [0.5, 0.6) is 0 Å². The first kappa shape index (κ1) is 27.3. The van der Waals surface area contributed by atoms with Crippen molar-refractivity contribution in [2.24, 2.45) is 4.99 Å². The minimum atomic E-state index is -0.651. The third kappa shape index (κ3) is 5.97. The van der Waals surface area contributed by atoms with Crippen molar-refractivity contribution in [3.8, 4) is 0 Å². The number of nitrogens with zero attached hydrogens (tertiary/aromatic N) is 3. The molecule has 1 saturated heterocycles. The van der Waals surface area contributed by atoms with Crippen molar-refractivity contribution in [3.63, 3.8) is 0 Å². The van der Waals surface area contributed by atoms with Gasteiger partial charge in [0.15, 0.2) is 0 Å². The summed E-state index contributed by atoms with van der Waals surface area (Å²) in [5, 5.41) is 2.90. The van der Waals surface area contributed by atoms with Gasteiger partial charge in [-0.3, -0.25) is 14.6 Å². The highest BCUT2D eigenvalue weighted by atomic mass is 16.5. The Labute approximate surface area is 234 Å². The van der Waals surface area contributed by atoms with E-state index in [1.165, 1.54) is 26.4 Å². The van der Waals surface area contributed by atoms with Gasteiger partial charge in [-0.05, 0) is 73.5 Å². The Morgan fingerprint density at radius 2 is 1.70 bits per heavy atom. The number of piperidine rings is 1. The van der Waals surface area contributed by atoms with Crippen LogP contribution in [-0.2, 0) is 14.3 Å². The molecule has 0 spiro atoms. The largest absolute Gasteiger partial charge is 0.465 e. The highest BCUT2D eigenvalue weighted by molar-refractivity contribution is 6.24. The smallest absolute Gasteiger partial charge is 0.337 e. The lowest BCUT2D eigenvalue weighted by atomic mass is 9.90. The summed E-state index contributed by atoms with van der Waals surface area (Å²) < 4.78 is 4.83. The molecular weight excluding hydrogens is 504 g/mol. The van der Waals surface area contributed by atoms with E-state index in [4.69, 9.17) is 9.73 Å². The number of fused-ring (bicyclic) bond motifs is 1. The van der Waals surface area contributed by atoms with Crippen molar-refractivity contribution in [3.05, 3.63) is 89.5 Å². The zero-order valence-corrected chi connectivity index (χ0v) is 22.9. The fourth-order valence-electron chi connectivity index (χ4n) is 5.42. The lowest BCUT2D eigenvalue weighted by Gasteiger charge is -2.29. The second-order valence-corrected chi connectivity index (χ2v) is 10.2. The summed E-state index contributed by atoms with van der Waals surface area (Å²) in [5.41, 5.74) is 4.61. The molecule has 0 radical (unpaired) electrons. The number of carbonyl (C=O) groups is 3. The van der Waals surface area contributed by atoms with Gasteiger partial charge in [-0.25, -0.2) is 4.79 Å². The first-order valence-electron chi connectivity index (χ1n) is 13.7. The number of likely N-dealkylation sites (tertiary alicyclic amines) is 1. The molecule has 3 aromatic carbocycles. The van der Waals surface area contributed by atoms with E-state index in [9.17, 15) is 14.4 Å². The Balaban J connectivity index is 1.44. The van der Waals surface area contributed by atoms with Crippen molar-refractivity contribution in [2.45, 2.75) is 32.1 Å². The third-order valence-corrected chi connectivity index (χ3v) is 7.53. The van der Waals surface area contributed by atoms with E-state index in [1.807, 2.05) is 54.6 Å². The van der Waals surface area contributed by atoms with Crippen molar-refractivity contribution < 1.29 is 19.1 Å². The summed E-state index contributed by atoms with van der Waals surface area (Å²) in [4.78, 5) is 46.9. The fourth-order valence-corrected chi connectivity index (χ4v) is 5.42. The van der Waals surface area contributed by atoms with E-state index < -0.39 is 11.9 Å². The highest BCUT2D eigenvalue weighted by Gasteiger charge is 2.36. The van der Waals surface area contributed by atoms with E-state index >= 15 is 0 Å². The number of carbonyl (C=O) groups excluding carboxylic acids is 3. The van der Waals surface area contributed by atoms with Gasteiger partial charge in [-0.1, -0.05) is 42.8 Å². The van der Waals surface area contributed by atoms with E-state index in [2.05, 4.69) is 10.2 Å². The van der Waals surface area contributed by atoms with Crippen molar-refractivity contribution >= 4 is 40.6 Å².